The molecule has 0 aliphatic carbocycles. The van der Waals surface area contributed by atoms with Crippen LogP contribution in [0.5, 0.6) is 0 Å². The zero-order valence-corrected chi connectivity index (χ0v) is 10.4. The van der Waals surface area contributed by atoms with Gasteiger partial charge in [0.25, 0.3) is 0 Å². The Morgan fingerprint density at radius 2 is 1.59 bits per heavy atom. The van der Waals surface area contributed by atoms with Crippen LogP contribution in [0.2, 0.25) is 0 Å². The predicted molar refractivity (Wildman–Crippen MR) is 72.3 cm³/mol. The molecule has 0 rings (SSSR count). The zero-order valence-electron chi connectivity index (χ0n) is 10.4. The van der Waals surface area contributed by atoms with Crippen molar-refractivity contribution < 1.29 is 19.4 Å². The average Bonchev–Trinajstić information content (AvgIpc) is 2.25. The number of hydrogen-bond donors (Lipinski definition) is 1. The molecule has 0 radical (unpaired) electrons. The minimum absolute atomic E-state index is 0. The number of ether oxygens (including phenoxy) is 2. The van der Waals surface area contributed by atoms with Crippen molar-refractivity contribution in [2.45, 2.75) is 58.7 Å². The zero-order chi connectivity index (χ0) is 12.2. The second-order valence-electron chi connectivity index (χ2n) is 3.81. The molecule has 0 atom stereocenters. The summed E-state index contributed by atoms with van der Waals surface area (Å²) in [4.78, 5) is 10.5. The Hall–Kier alpha value is -0.0775. The van der Waals surface area contributed by atoms with Crippen molar-refractivity contribution in [2.75, 3.05) is 13.2 Å². The van der Waals surface area contributed by atoms with Gasteiger partial charge >= 0.3 is 5.97 Å². The molecule has 0 aliphatic heterocycles. The van der Waals surface area contributed by atoms with Crippen LogP contribution in [0.25, 0.3) is 0 Å². The van der Waals surface area contributed by atoms with Gasteiger partial charge in [0.05, 0.1) is 6.42 Å². The van der Waals surface area contributed by atoms with Crippen molar-refractivity contribution in [3.05, 3.63) is 0 Å². The number of carbonyl (C=O) groups is 1. The van der Waals surface area contributed by atoms with Gasteiger partial charge in [-0.15, -0.1) is 0 Å². The summed E-state index contributed by atoms with van der Waals surface area (Å²) in [5, 5.41) is 8.59. The van der Waals surface area contributed by atoms with Crippen molar-refractivity contribution in [3.63, 3.8) is 0 Å². The van der Waals surface area contributed by atoms with Crippen LogP contribution in [0.3, 0.4) is 0 Å². The number of rotatable bonds is 11. The summed E-state index contributed by atoms with van der Waals surface area (Å²) in [7, 11) is 0. The fourth-order valence-electron chi connectivity index (χ4n) is 1.17. The molecule has 0 aromatic heterocycles. The number of carboxylic acid groups (broad SMARTS) is 1. The molecule has 5 heteroatoms. The minimum Gasteiger partial charge on any atom is -0.481 e. The van der Waals surface area contributed by atoms with Gasteiger partial charge in [0.2, 0.25) is 0 Å². The van der Waals surface area contributed by atoms with E-state index in [1.807, 2.05) is 0 Å². The summed E-state index contributed by atoms with van der Waals surface area (Å²) >= 11 is 0. The fourth-order valence-corrected chi connectivity index (χ4v) is 1.17. The van der Waals surface area contributed by atoms with E-state index in [1.165, 1.54) is 0 Å². The fraction of sp³-hybridized carbons (Fsp3) is 0.917. The molecule has 0 aliphatic rings. The molecule has 0 unspecified atom stereocenters. The van der Waals surface area contributed by atoms with Crippen molar-refractivity contribution in [1.29, 1.82) is 0 Å². The Morgan fingerprint density at radius 1 is 1.12 bits per heavy atom. The first-order chi connectivity index (χ1) is 7.70. The van der Waals surface area contributed by atoms with Gasteiger partial charge in [-0.1, -0.05) is 26.7 Å². The maximum atomic E-state index is 10.5. The lowest BCUT2D eigenvalue weighted by atomic mass is 10.3. The third-order valence-electron chi connectivity index (χ3n) is 2.20. The molecule has 0 heterocycles. The highest BCUT2D eigenvalue weighted by atomic mass is 27.0. The third kappa shape index (κ3) is 13.9. The van der Waals surface area contributed by atoms with E-state index in [9.17, 15) is 4.79 Å². The summed E-state index contributed by atoms with van der Waals surface area (Å²) in [6.07, 6.45) is 4.29. The normalized spacial score (nSPS) is 10.3. The second kappa shape index (κ2) is 14.0. The van der Waals surface area contributed by atoms with Crippen LogP contribution in [0.15, 0.2) is 0 Å². The SMILES string of the molecule is CCCCOC(CCC(=O)O)OCCCC.[AlH3]. The first-order valence-corrected chi connectivity index (χ1v) is 6.15. The van der Waals surface area contributed by atoms with E-state index >= 15 is 0 Å². The highest BCUT2D eigenvalue weighted by Crippen LogP contribution is 2.07. The van der Waals surface area contributed by atoms with Crippen LogP contribution in [0.1, 0.15) is 52.4 Å². The molecule has 4 nitrogen and oxygen atoms in total. The Balaban J connectivity index is 0. The number of hydrogen-bond acceptors (Lipinski definition) is 3. The first kappa shape index (κ1) is 19.3. The lowest BCUT2D eigenvalue weighted by Crippen LogP contribution is -2.20. The lowest BCUT2D eigenvalue weighted by Gasteiger charge is -2.17. The van der Waals surface area contributed by atoms with Crippen LogP contribution in [0.4, 0.5) is 0 Å². The lowest BCUT2D eigenvalue weighted by molar-refractivity contribution is -0.156. The Kier molecular flexibility index (Phi) is 15.8. The van der Waals surface area contributed by atoms with E-state index in [-0.39, 0.29) is 30.1 Å². The van der Waals surface area contributed by atoms with Crippen LogP contribution in [-0.4, -0.2) is 47.9 Å². The molecule has 0 fully saturated rings. The van der Waals surface area contributed by atoms with Gasteiger partial charge in [-0.3, -0.25) is 4.79 Å². The molecule has 0 amide bonds. The van der Waals surface area contributed by atoms with E-state index in [1.54, 1.807) is 0 Å². The van der Waals surface area contributed by atoms with Gasteiger partial charge < -0.3 is 14.6 Å². The molecule has 17 heavy (non-hydrogen) atoms. The summed E-state index contributed by atoms with van der Waals surface area (Å²) in [5.41, 5.74) is 0. The van der Waals surface area contributed by atoms with Gasteiger partial charge in [0.15, 0.2) is 23.7 Å². The smallest absolute Gasteiger partial charge is 0.303 e. The molecule has 0 saturated carbocycles. The summed E-state index contributed by atoms with van der Waals surface area (Å²) in [6.45, 7) is 5.47. The predicted octanol–water partition coefficient (Wildman–Crippen LogP) is 1.63. The molecular formula is C12H27AlO4. The van der Waals surface area contributed by atoms with Gasteiger partial charge in [0, 0.05) is 19.6 Å². The summed E-state index contributed by atoms with van der Waals surface area (Å²) in [5.74, 6) is -0.803. The van der Waals surface area contributed by atoms with Gasteiger partial charge in [-0.25, -0.2) is 0 Å². The minimum atomic E-state index is -0.803. The Labute approximate surface area is 115 Å². The quantitative estimate of drug-likeness (QED) is 0.349. The molecule has 102 valence electrons. The Morgan fingerprint density at radius 3 is 1.94 bits per heavy atom. The van der Waals surface area contributed by atoms with Crippen molar-refractivity contribution in [3.8, 4) is 0 Å². The van der Waals surface area contributed by atoms with E-state index in [2.05, 4.69) is 13.8 Å². The van der Waals surface area contributed by atoms with Gasteiger partial charge in [-0.05, 0) is 12.8 Å². The topological polar surface area (TPSA) is 55.8 Å². The molecule has 0 aromatic rings. The third-order valence-corrected chi connectivity index (χ3v) is 2.20. The van der Waals surface area contributed by atoms with Crippen LogP contribution >= 0.6 is 0 Å². The van der Waals surface area contributed by atoms with Gasteiger partial charge in [0.1, 0.15) is 0 Å². The number of aliphatic carboxylic acids is 1. The number of unbranched alkanes of at least 4 members (excludes halogenated alkanes) is 2. The van der Waals surface area contributed by atoms with E-state index in [0.29, 0.717) is 19.6 Å². The molecule has 0 saturated heterocycles. The molecular weight excluding hydrogens is 235 g/mol. The summed E-state index contributed by atoms with van der Waals surface area (Å²) in [6, 6.07) is 0. The van der Waals surface area contributed by atoms with Crippen molar-refractivity contribution in [2.24, 2.45) is 0 Å². The van der Waals surface area contributed by atoms with Crippen LogP contribution in [0, 0.1) is 0 Å². The van der Waals surface area contributed by atoms with E-state index in [4.69, 9.17) is 14.6 Å². The second-order valence-corrected chi connectivity index (χ2v) is 3.81. The van der Waals surface area contributed by atoms with Gasteiger partial charge in [-0.2, -0.15) is 0 Å². The summed E-state index contributed by atoms with van der Waals surface area (Å²) < 4.78 is 11.0. The van der Waals surface area contributed by atoms with Crippen LogP contribution < -0.4 is 0 Å². The largest absolute Gasteiger partial charge is 0.481 e. The monoisotopic (exact) mass is 262 g/mol. The van der Waals surface area contributed by atoms with Crippen LogP contribution in [-0.2, 0) is 14.3 Å². The van der Waals surface area contributed by atoms with Crippen molar-refractivity contribution >= 4 is 23.3 Å². The highest BCUT2D eigenvalue weighted by Gasteiger charge is 2.11. The van der Waals surface area contributed by atoms with E-state index < -0.39 is 5.97 Å². The first-order valence-electron chi connectivity index (χ1n) is 6.15. The number of carboxylic acids is 1. The molecule has 0 spiro atoms. The maximum Gasteiger partial charge on any atom is 0.303 e. The standard InChI is InChI=1S/C12H24O4.Al.3H/c1-3-5-9-15-12(8-7-11(13)14)16-10-6-4-2;;;;/h12H,3-10H2,1-2H3,(H,13,14);;;;. The molecule has 0 bridgehead atoms. The highest BCUT2D eigenvalue weighted by molar-refractivity contribution is 5.75. The Bertz CT molecular complexity index is 166. The maximum absolute atomic E-state index is 10.5. The van der Waals surface area contributed by atoms with Crippen molar-refractivity contribution in [1.82, 2.24) is 0 Å². The average molecular weight is 262 g/mol. The molecule has 1 N–H and O–H groups in total. The molecule has 0 aromatic carbocycles. The van der Waals surface area contributed by atoms with E-state index in [0.717, 1.165) is 25.7 Å².